The minimum Gasteiger partial charge on any atom is -0.478 e. The van der Waals surface area contributed by atoms with Crippen molar-refractivity contribution in [2.45, 2.75) is 85.1 Å². The fourth-order valence-electron chi connectivity index (χ4n) is 6.54. The van der Waals surface area contributed by atoms with Crippen LogP contribution in [0.1, 0.15) is 97.8 Å². The SMILES string of the molecule is CC(=O)Nc1[nH]c(C=C2N=C(NC(=O)CCCSc3ccc(C(=O)O)c(C(=O)O)c3)C(C(=O)OC3C(C)CC(C)CC3C)=C2C)c(C)c1C. The highest BCUT2D eigenvalue weighted by Gasteiger charge is 2.37. The highest BCUT2D eigenvalue weighted by atomic mass is 32.2. The third kappa shape index (κ3) is 8.88. The molecule has 0 radical (unpaired) electrons. The highest BCUT2D eigenvalue weighted by molar-refractivity contribution is 7.99. The molecular formula is C36H44N4O8S. The van der Waals surface area contributed by atoms with Gasteiger partial charge in [-0.25, -0.2) is 19.4 Å². The fraction of sp³-hybridized carbons (Fsp3) is 0.444. The Bertz CT molecular complexity index is 1760. The summed E-state index contributed by atoms with van der Waals surface area (Å²) in [7, 11) is 0. The van der Waals surface area contributed by atoms with Gasteiger partial charge in [-0.15, -0.1) is 11.8 Å². The van der Waals surface area contributed by atoms with E-state index >= 15 is 0 Å². The van der Waals surface area contributed by atoms with Crippen molar-refractivity contribution in [2.24, 2.45) is 22.7 Å². The number of hydrogen-bond donors (Lipinski definition) is 5. The summed E-state index contributed by atoms with van der Waals surface area (Å²) in [5.74, 6) is -1.76. The average molecular weight is 693 g/mol. The molecule has 4 rings (SSSR count). The van der Waals surface area contributed by atoms with Crippen molar-refractivity contribution in [2.75, 3.05) is 11.1 Å². The van der Waals surface area contributed by atoms with E-state index in [-0.39, 0.29) is 58.7 Å². The second kappa shape index (κ2) is 15.7. The summed E-state index contributed by atoms with van der Waals surface area (Å²) in [5.41, 5.74) is 3.06. The molecule has 2 aliphatic rings. The van der Waals surface area contributed by atoms with Crippen molar-refractivity contribution in [1.29, 1.82) is 0 Å². The monoisotopic (exact) mass is 692 g/mol. The number of carboxylic acids is 2. The number of hydrogen-bond acceptors (Lipinski definition) is 8. The molecule has 12 nitrogen and oxygen atoms in total. The summed E-state index contributed by atoms with van der Waals surface area (Å²) < 4.78 is 6.12. The Morgan fingerprint density at radius 1 is 0.980 bits per heavy atom. The van der Waals surface area contributed by atoms with Crippen molar-refractivity contribution < 1.29 is 38.9 Å². The van der Waals surface area contributed by atoms with Crippen molar-refractivity contribution in [3.05, 3.63) is 63.0 Å². The van der Waals surface area contributed by atoms with Gasteiger partial charge >= 0.3 is 17.9 Å². The van der Waals surface area contributed by atoms with Gasteiger partial charge in [0, 0.05) is 23.9 Å². The Balaban J connectivity index is 1.52. The van der Waals surface area contributed by atoms with E-state index in [1.165, 1.54) is 36.9 Å². The van der Waals surface area contributed by atoms with E-state index in [2.05, 4.69) is 41.4 Å². The van der Waals surface area contributed by atoms with E-state index in [9.17, 15) is 34.2 Å². The maximum atomic E-state index is 13.8. The van der Waals surface area contributed by atoms with Crippen LogP contribution in [0.25, 0.3) is 6.08 Å². The number of aromatic amines is 1. The Hall–Kier alpha value is -4.65. The van der Waals surface area contributed by atoms with Crippen LogP contribution in [0, 0.1) is 31.6 Å². The molecule has 2 amide bonds. The number of amidine groups is 1. The van der Waals surface area contributed by atoms with Crippen molar-refractivity contribution >= 4 is 59.2 Å². The second-order valence-corrected chi connectivity index (χ2v) is 14.2. The minimum absolute atomic E-state index is 0.0923. The van der Waals surface area contributed by atoms with Gasteiger partial charge in [0.05, 0.1) is 16.8 Å². The maximum absolute atomic E-state index is 13.8. The quantitative estimate of drug-likeness (QED) is 0.101. The van der Waals surface area contributed by atoms with Crippen LogP contribution in [-0.4, -0.2) is 62.6 Å². The molecule has 49 heavy (non-hydrogen) atoms. The van der Waals surface area contributed by atoms with Crippen LogP contribution in [0.2, 0.25) is 0 Å². The number of carbonyl (C=O) groups excluding carboxylic acids is 3. The number of carbonyl (C=O) groups is 5. The molecule has 1 fully saturated rings. The number of aromatic nitrogens is 1. The fourth-order valence-corrected chi connectivity index (χ4v) is 7.43. The Morgan fingerprint density at radius 2 is 1.63 bits per heavy atom. The summed E-state index contributed by atoms with van der Waals surface area (Å²) >= 11 is 1.30. The number of anilines is 1. The highest BCUT2D eigenvalue weighted by Crippen LogP contribution is 2.37. The number of ether oxygens (including phenoxy) is 1. The molecule has 2 atom stereocenters. The third-order valence-electron chi connectivity index (χ3n) is 9.06. The summed E-state index contributed by atoms with van der Waals surface area (Å²) in [6.07, 6.45) is 3.91. The van der Waals surface area contributed by atoms with E-state index in [1.807, 2.05) is 13.8 Å². The molecular weight excluding hydrogens is 648 g/mol. The first kappa shape index (κ1) is 37.2. The number of nitrogens with one attached hydrogen (secondary N) is 3. The van der Waals surface area contributed by atoms with Gasteiger partial charge in [0.2, 0.25) is 11.8 Å². The molecule has 1 aliphatic heterocycles. The topological polar surface area (TPSA) is 187 Å². The summed E-state index contributed by atoms with van der Waals surface area (Å²) in [6.45, 7) is 13.4. The van der Waals surface area contributed by atoms with Crippen LogP contribution in [-0.2, 0) is 19.1 Å². The van der Waals surface area contributed by atoms with Crippen LogP contribution >= 0.6 is 11.8 Å². The second-order valence-electron chi connectivity index (χ2n) is 13.1. The van der Waals surface area contributed by atoms with E-state index in [0.29, 0.717) is 45.8 Å². The lowest BCUT2D eigenvalue weighted by Crippen LogP contribution is -2.40. The molecule has 2 unspecified atom stereocenters. The van der Waals surface area contributed by atoms with E-state index in [4.69, 9.17) is 4.74 Å². The number of rotatable bonds is 11. The first-order valence-corrected chi connectivity index (χ1v) is 17.3. The van der Waals surface area contributed by atoms with Gasteiger partial charge in [-0.05, 0) is 105 Å². The number of thioether (sulfide) groups is 1. The predicted molar refractivity (Wildman–Crippen MR) is 188 cm³/mol. The number of nitrogens with zero attached hydrogens (tertiary/aromatic N) is 1. The van der Waals surface area contributed by atoms with E-state index in [1.54, 1.807) is 13.0 Å². The Kier molecular flexibility index (Phi) is 11.9. The first-order chi connectivity index (χ1) is 23.1. The Morgan fingerprint density at radius 3 is 2.24 bits per heavy atom. The van der Waals surface area contributed by atoms with Crippen molar-refractivity contribution in [1.82, 2.24) is 10.3 Å². The van der Waals surface area contributed by atoms with Crippen LogP contribution in [0.15, 0.2) is 44.9 Å². The number of amides is 2. The van der Waals surface area contributed by atoms with Gasteiger partial charge in [0.15, 0.2) is 0 Å². The molecule has 1 aromatic heterocycles. The van der Waals surface area contributed by atoms with Gasteiger partial charge in [-0.2, -0.15) is 0 Å². The largest absolute Gasteiger partial charge is 0.478 e. The standard InChI is InChI=1S/C36H44N4O8S/c1-17-13-18(2)31(19(3)14-17)48-36(47)30-22(6)28(16-27-20(4)21(5)32(38-27)37-23(7)41)39-33(30)40-29(42)9-8-12-49-24-10-11-25(34(43)44)26(15-24)35(45)46/h10-11,15-19,31,38H,8-9,12-14H2,1-7H3,(H,37,41)(H,43,44)(H,45,46)(H,39,40,42). The molecule has 1 saturated carbocycles. The zero-order valence-corrected chi connectivity index (χ0v) is 29.7. The van der Waals surface area contributed by atoms with Gasteiger partial charge in [0.25, 0.3) is 0 Å². The average Bonchev–Trinajstić information content (AvgIpc) is 3.45. The first-order valence-electron chi connectivity index (χ1n) is 16.3. The molecule has 2 aromatic rings. The van der Waals surface area contributed by atoms with Gasteiger partial charge in [-0.1, -0.05) is 20.8 Å². The number of aromatic carboxylic acids is 2. The molecule has 0 bridgehead atoms. The number of esters is 1. The number of allylic oxidation sites excluding steroid dienone is 1. The lowest BCUT2D eigenvalue weighted by atomic mass is 9.75. The van der Waals surface area contributed by atoms with E-state index < -0.39 is 17.9 Å². The van der Waals surface area contributed by atoms with Crippen molar-refractivity contribution in [3.8, 4) is 0 Å². The van der Waals surface area contributed by atoms with Crippen LogP contribution in [0.3, 0.4) is 0 Å². The molecule has 0 saturated heterocycles. The number of aliphatic imine (C=N–C) groups is 1. The Labute approximate surface area is 289 Å². The van der Waals surface area contributed by atoms with Gasteiger partial charge < -0.3 is 30.6 Å². The molecule has 262 valence electrons. The predicted octanol–water partition coefficient (Wildman–Crippen LogP) is 6.36. The van der Waals surface area contributed by atoms with Crippen LogP contribution < -0.4 is 10.6 Å². The number of carboxylic acid groups (broad SMARTS) is 2. The van der Waals surface area contributed by atoms with E-state index in [0.717, 1.165) is 24.0 Å². The lowest BCUT2D eigenvalue weighted by Gasteiger charge is -2.37. The van der Waals surface area contributed by atoms with Gasteiger partial charge in [-0.3, -0.25) is 9.59 Å². The number of benzene rings is 1. The van der Waals surface area contributed by atoms with Gasteiger partial charge in [0.1, 0.15) is 23.3 Å². The van der Waals surface area contributed by atoms with Crippen LogP contribution in [0.4, 0.5) is 5.82 Å². The lowest BCUT2D eigenvalue weighted by molar-refractivity contribution is -0.152. The van der Waals surface area contributed by atoms with Crippen LogP contribution in [0.5, 0.6) is 0 Å². The maximum Gasteiger partial charge on any atom is 0.342 e. The summed E-state index contributed by atoms with van der Waals surface area (Å²) in [6, 6.07) is 4.10. The molecule has 2 heterocycles. The third-order valence-corrected chi connectivity index (χ3v) is 10.1. The molecule has 5 N–H and O–H groups in total. The molecule has 1 aromatic carbocycles. The summed E-state index contributed by atoms with van der Waals surface area (Å²) in [4.78, 5) is 70.0. The smallest absolute Gasteiger partial charge is 0.342 e. The zero-order valence-electron chi connectivity index (χ0n) is 28.9. The summed E-state index contributed by atoms with van der Waals surface area (Å²) in [5, 5.41) is 24.2. The number of H-pyrrole nitrogens is 1. The minimum atomic E-state index is -1.33. The normalized spacial score (nSPS) is 21.4. The van der Waals surface area contributed by atoms with Crippen molar-refractivity contribution in [3.63, 3.8) is 0 Å². The molecule has 1 aliphatic carbocycles. The molecule has 0 spiro atoms. The molecule has 13 heteroatoms. The zero-order chi connectivity index (χ0) is 36.2.